The Bertz CT molecular complexity index is 1440. The van der Waals surface area contributed by atoms with Gasteiger partial charge < -0.3 is 4.74 Å². The van der Waals surface area contributed by atoms with Crippen molar-refractivity contribution in [3.8, 4) is 5.75 Å². The number of benzene rings is 3. The molecule has 5 rings (SSSR count). The van der Waals surface area contributed by atoms with E-state index in [1.165, 1.54) is 0 Å². The Labute approximate surface area is 196 Å². The van der Waals surface area contributed by atoms with Gasteiger partial charge in [0.05, 0.1) is 23.9 Å². The van der Waals surface area contributed by atoms with Crippen LogP contribution in [-0.2, 0) is 0 Å². The third kappa shape index (κ3) is 4.21. The third-order valence-electron chi connectivity index (χ3n) is 5.51. The Balaban J connectivity index is 1.80. The monoisotopic (exact) mass is 447 g/mol. The first-order chi connectivity index (χ1) is 16.2. The number of hydrogen-bond donors (Lipinski definition) is 0. The van der Waals surface area contributed by atoms with Crippen LogP contribution in [0.25, 0.3) is 22.0 Å². The molecule has 0 atom stereocenters. The van der Waals surface area contributed by atoms with E-state index in [0.717, 1.165) is 26.9 Å². The third-order valence-corrected chi connectivity index (χ3v) is 6.40. The van der Waals surface area contributed by atoms with E-state index < -0.39 is 0 Å². The molecule has 33 heavy (non-hydrogen) atoms. The highest BCUT2D eigenvalue weighted by atomic mass is 32.1. The molecule has 2 heterocycles. The molecule has 0 fully saturated rings. The summed E-state index contributed by atoms with van der Waals surface area (Å²) >= 11 is 1.61. The smallest absolute Gasteiger partial charge is 0.195 e. The summed E-state index contributed by atoms with van der Waals surface area (Å²) in [6.45, 7) is 0. The lowest BCUT2D eigenvalue weighted by molar-refractivity contribution is 0.105. The summed E-state index contributed by atoms with van der Waals surface area (Å²) in [6.07, 6.45) is 0. The molecule has 2 aromatic heterocycles. The molecule has 3 nitrogen and oxygen atoms in total. The van der Waals surface area contributed by atoms with Crippen molar-refractivity contribution >= 4 is 39.2 Å². The molecule has 0 saturated heterocycles. The molecule has 0 amide bonds. The Hall–Kier alpha value is -4.02. The summed E-state index contributed by atoms with van der Waals surface area (Å²) in [7, 11) is 1.62. The molecule has 0 N–H and O–H groups in total. The van der Waals surface area contributed by atoms with E-state index in [1.807, 2.05) is 90.3 Å². The molecule has 0 radical (unpaired) electrons. The Morgan fingerprint density at radius 2 is 1.52 bits per heavy atom. The van der Waals surface area contributed by atoms with Gasteiger partial charge in [-0.15, -0.1) is 11.3 Å². The predicted octanol–water partition coefficient (Wildman–Crippen LogP) is 7.15. The first-order valence-corrected chi connectivity index (χ1v) is 11.5. The van der Waals surface area contributed by atoms with E-state index >= 15 is 0 Å². The first-order valence-electron chi connectivity index (χ1n) is 10.6. The normalized spacial score (nSPS) is 11.8. The second kappa shape index (κ2) is 9.23. The van der Waals surface area contributed by atoms with Crippen LogP contribution in [0.2, 0.25) is 0 Å². The van der Waals surface area contributed by atoms with Crippen molar-refractivity contribution in [2.45, 2.75) is 0 Å². The maximum absolute atomic E-state index is 14.1. The first kappa shape index (κ1) is 20.9. The lowest BCUT2D eigenvalue weighted by Gasteiger charge is -2.15. The average Bonchev–Trinajstić information content (AvgIpc) is 3.41. The zero-order valence-electron chi connectivity index (χ0n) is 18.1. The number of pyridine rings is 1. The zero-order chi connectivity index (χ0) is 22.6. The van der Waals surface area contributed by atoms with Crippen LogP contribution >= 0.6 is 11.3 Å². The molecule has 4 heteroatoms. The summed E-state index contributed by atoms with van der Waals surface area (Å²) in [5, 5.41) is 3.07. The lowest BCUT2D eigenvalue weighted by atomic mass is 9.90. The fourth-order valence-corrected chi connectivity index (χ4v) is 4.68. The molecule has 160 valence electrons. The largest absolute Gasteiger partial charge is 0.497 e. The number of para-hydroxylation sites is 1. The van der Waals surface area contributed by atoms with Crippen molar-refractivity contribution < 1.29 is 9.53 Å². The van der Waals surface area contributed by atoms with Gasteiger partial charge in [-0.05, 0) is 53.4 Å². The summed E-state index contributed by atoms with van der Waals surface area (Å²) < 4.78 is 5.28. The van der Waals surface area contributed by atoms with E-state index in [1.54, 1.807) is 30.6 Å². The van der Waals surface area contributed by atoms with Crippen LogP contribution in [0.5, 0.6) is 5.75 Å². The molecule has 0 aliphatic rings. The molecule has 0 saturated carbocycles. The van der Waals surface area contributed by atoms with Crippen LogP contribution in [-0.4, -0.2) is 17.9 Å². The number of Topliss-reactive ketones (excluding diaryl/α,β-unsaturated/α-hetero) is 1. The van der Waals surface area contributed by atoms with Crippen molar-refractivity contribution in [3.05, 3.63) is 130 Å². The van der Waals surface area contributed by atoms with E-state index in [4.69, 9.17) is 9.72 Å². The number of hydrogen-bond acceptors (Lipinski definition) is 4. The van der Waals surface area contributed by atoms with Gasteiger partial charge in [0.15, 0.2) is 5.78 Å². The van der Waals surface area contributed by atoms with E-state index in [-0.39, 0.29) is 5.78 Å². The van der Waals surface area contributed by atoms with Gasteiger partial charge in [0, 0.05) is 21.4 Å². The number of fused-ring (bicyclic) bond motifs is 1. The standard InChI is InChI=1S/C29H21NO2S/c1-32-23-16-13-22(14-17-23)29(31)28(25-18-15-20-8-5-6-11-24(20)30-25)27(26-12-7-19-33-26)21-9-3-2-4-10-21/h2-19H,1H3/b28-27+. The average molecular weight is 448 g/mol. The van der Waals surface area contributed by atoms with Gasteiger partial charge in [-0.2, -0.15) is 0 Å². The highest BCUT2D eigenvalue weighted by Crippen LogP contribution is 2.36. The number of allylic oxidation sites excluding steroid dienone is 1. The number of carbonyl (C=O) groups is 1. The summed E-state index contributed by atoms with van der Waals surface area (Å²) in [5.41, 5.74) is 4.54. The van der Waals surface area contributed by atoms with Crippen LogP contribution in [0.4, 0.5) is 0 Å². The van der Waals surface area contributed by atoms with Gasteiger partial charge in [0.2, 0.25) is 0 Å². The van der Waals surface area contributed by atoms with Crippen molar-refractivity contribution in [1.82, 2.24) is 4.98 Å². The molecule has 5 aromatic rings. The Kier molecular flexibility index (Phi) is 5.83. The Morgan fingerprint density at radius 3 is 2.24 bits per heavy atom. The second-order valence-corrected chi connectivity index (χ2v) is 8.49. The summed E-state index contributed by atoms with van der Waals surface area (Å²) in [4.78, 5) is 20.0. The van der Waals surface area contributed by atoms with Crippen molar-refractivity contribution in [2.24, 2.45) is 0 Å². The minimum absolute atomic E-state index is 0.0762. The van der Waals surface area contributed by atoms with E-state index in [2.05, 4.69) is 6.07 Å². The topological polar surface area (TPSA) is 39.2 Å². The number of ketones is 1. The van der Waals surface area contributed by atoms with Crippen molar-refractivity contribution in [3.63, 3.8) is 0 Å². The molecule has 0 unspecified atom stereocenters. The van der Waals surface area contributed by atoms with Crippen molar-refractivity contribution in [2.75, 3.05) is 7.11 Å². The van der Waals surface area contributed by atoms with E-state index in [0.29, 0.717) is 22.6 Å². The van der Waals surface area contributed by atoms with Crippen LogP contribution in [0.3, 0.4) is 0 Å². The number of aromatic nitrogens is 1. The minimum atomic E-state index is -0.0762. The summed E-state index contributed by atoms with van der Waals surface area (Å²) in [5.74, 6) is 0.634. The van der Waals surface area contributed by atoms with Gasteiger partial charge in [-0.3, -0.25) is 4.79 Å². The van der Waals surface area contributed by atoms with Crippen LogP contribution in [0, 0.1) is 0 Å². The maximum atomic E-state index is 14.1. The highest BCUT2D eigenvalue weighted by molar-refractivity contribution is 7.11. The maximum Gasteiger partial charge on any atom is 0.195 e. The van der Waals surface area contributed by atoms with Gasteiger partial charge in [0.25, 0.3) is 0 Å². The molecule has 3 aromatic carbocycles. The zero-order valence-corrected chi connectivity index (χ0v) is 18.9. The van der Waals surface area contributed by atoms with Gasteiger partial charge >= 0.3 is 0 Å². The van der Waals surface area contributed by atoms with Crippen LogP contribution < -0.4 is 4.74 Å². The number of methoxy groups -OCH3 is 1. The van der Waals surface area contributed by atoms with Crippen LogP contribution in [0.1, 0.15) is 26.5 Å². The van der Waals surface area contributed by atoms with Gasteiger partial charge in [0.1, 0.15) is 5.75 Å². The SMILES string of the molecule is COc1ccc(C(=O)/C(=C(\c2ccccc2)c2cccs2)c2ccc3ccccc3n2)cc1. The van der Waals surface area contributed by atoms with E-state index in [9.17, 15) is 4.79 Å². The summed E-state index contributed by atoms with van der Waals surface area (Å²) in [6, 6.07) is 33.3. The van der Waals surface area contributed by atoms with Crippen LogP contribution in [0.15, 0.2) is 109 Å². The Morgan fingerprint density at radius 1 is 0.758 bits per heavy atom. The van der Waals surface area contributed by atoms with Crippen molar-refractivity contribution in [1.29, 1.82) is 0 Å². The number of rotatable bonds is 6. The predicted molar refractivity (Wildman–Crippen MR) is 136 cm³/mol. The fraction of sp³-hybridized carbons (Fsp3) is 0.0345. The molecular formula is C29H21NO2S. The highest BCUT2D eigenvalue weighted by Gasteiger charge is 2.23. The number of carbonyl (C=O) groups excluding carboxylic acids is 1. The molecule has 0 bridgehead atoms. The quantitative estimate of drug-likeness (QED) is 0.205. The molecule has 0 aliphatic heterocycles. The van der Waals surface area contributed by atoms with Gasteiger partial charge in [-0.1, -0.05) is 60.7 Å². The molecular weight excluding hydrogens is 426 g/mol. The number of thiophene rings is 1. The molecule has 0 aliphatic carbocycles. The number of ether oxygens (including phenoxy) is 1. The fourth-order valence-electron chi connectivity index (χ4n) is 3.89. The minimum Gasteiger partial charge on any atom is -0.497 e. The lowest BCUT2D eigenvalue weighted by Crippen LogP contribution is -2.08. The second-order valence-electron chi connectivity index (χ2n) is 7.54. The number of nitrogens with zero attached hydrogens (tertiary/aromatic N) is 1. The molecule has 0 spiro atoms. The van der Waals surface area contributed by atoms with Gasteiger partial charge in [-0.25, -0.2) is 4.98 Å².